The number of aryl methyl sites for hydroxylation is 1. The van der Waals surface area contributed by atoms with Gasteiger partial charge in [0.1, 0.15) is 23.4 Å². The lowest BCUT2D eigenvalue weighted by Gasteiger charge is -2.45. The van der Waals surface area contributed by atoms with Crippen LogP contribution in [0.1, 0.15) is 45.0 Å². The Bertz CT molecular complexity index is 1340. The van der Waals surface area contributed by atoms with Gasteiger partial charge in [0, 0.05) is 31.9 Å². The standard InChI is InChI=1S/C28H33FN6O3/c1-19(2)38-24-10-5-7-21(13-24)16-33-12-11-28(15-20(33)3)26(36)34(17-25-30-18-32(4)31-25)27(37)35(28)23-9-6-8-22(29)14-23/h5-10,13-14,18-20H,11-12,15-17H2,1-4H3/t20-,28+/m0/s1. The van der Waals surface area contributed by atoms with Crippen LogP contribution in [-0.2, 0) is 24.9 Å². The first kappa shape index (κ1) is 25.8. The quantitative estimate of drug-likeness (QED) is 0.436. The van der Waals surface area contributed by atoms with E-state index in [1.807, 2.05) is 32.0 Å². The molecule has 2 saturated heterocycles. The molecule has 3 amide bonds. The number of urea groups is 1. The Balaban J connectivity index is 1.42. The lowest BCUT2D eigenvalue weighted by Crippen LogP contribution is -2.59. The zero-order valence-corrected chi connectivity index (χ0v) is 22.2. The molecule has 9 nitrogen and oxygen atoms in total. The summed E-state index contributed by atoms with van der Waals surface area (Å²) >= 11 is 0. The summed E-state index contributed by atoms with van der Waals surface area (Å²) in [5.74, 6) is 0.445. The van der Waals surface area contributed by atoms with Crippen molar-refractivity contribution in [2.45, 2.75) is 64.4 Å². The highest BCUT2D eigenvalue weighted by atomic mass is 19.1. The Morgan fingerprint density at radius 2 is 1.92 bits per heavy atom. The van der Waals surface area contributed by atoms with Crippen LogP contribution in [0.25, 0.3) is 0 Å². The summed E-state index contributed by atoms with van der Waals surface area (Å²) in [5.41, 5.74) is 0.377. The number of imide groups is 1. The molecule has 2 fully saturated rings. The lowest BCUT2D eigenvalue weighted by molar-refractivity contribution is -0.133. The van der Waals surface area contributed by atoms with Gasteiger partial charge in [0.05, 0.1) is 12.6 Å². The van der Waals surface area contributed by atoms with Crippen molar-refractivity contribution < 1.29 is 18.7 Å². The Hall–Kier alpha value is -3.79. The van der Waals surface area contributed by atoms with E-state index in [0.717, 1.165) is 11.3 Å². The van der Waals surface area contributed by atoms with E-state index in [0.29, 0.717) is 37.4 Å². The average molecular weight is 521 g/mol. The molecule has 2 aromatic carbocycles. The highest BCUT2D eigenvalue weighted by molar-refractivity contribution is 6.16. The molecule has 200 valence electrons. The van der Waals surface area contributed by atoms with Crippen LogP contribution in [0.5, 0.6) is 5.75 Å². The van der Waals surface area contributed by atoms with Crippen LogP contribution >= 0.6 is 0 Å². The maximum atomic E-state index is 14.3. The molecule has 0 bridgehead atoms. The summed E-state index contributed by atoms with van der Waals surface area (Å²) < 4.78 is 21.6. The summed E-state index contributed by atoms with van der Waals surface area (Å²) in [6, 6.07) is 13.4. The number of benzene rings is 2. The first-order valence-electron chi connectivity index (χ1n) is 12.9. The van der Waals surface area contributed by atoms with Crippen molar-refractivity contribution >= 4 is 17.6 Å². The molecule has 5 rings (SSSR count). The number of rotatable bonds is 7. The van der Waals surface area contributed by atoms with Crippen LogP contribution in [-0.4, -0.2) is 60.7 Å². The summed E-state index contributed by atoms with van der Waals surface area (Å²) in [6.07, 6.45) is 2.46. The molecule has 2 aliphatic heterocycles. The zero-order valence-electron chi connectivity index (χ0n) is 22.2. The Morgan fingerprint density at radius 1 is 1.13 bits per heavy atom. The molecule has 10 heteroatoms. The molecular weight excluding hydrogens is 487 g/mol. The normalized spacial score (nSPS) is 22.2. The Morgan fingerprint density at radius 3 is 2.61 bits per heavy atom. The van der Waals surface area contributed by atoms with Crippen molar-refractivity contribution in [3.63, 3.8) is 0 Å². The largest absolute Gasteiger partial charge is 0.491 e. The zero-order chi connectivity index (χ0) is 27.0. The number of carbonyl (C=O) groups excluding carboxylic acids is 2. The monoisotopic (exact) mass is 520 g/mol. The molecule has 0 unspecified atom stereocenters. The van der Waals surface area contributed by atoms with E-state index in [4.69, 9.17) is 4.74 Å². The predicted octanol–water partition coefficient (Wildman–Crippen LogP) is 4.13. The first-order chi connectivity index (χ1) is 18.2. The maximum absolute atomic E-state index is 14.3. The maximum Gasteiger partial charge on any atom is 0.332 e. The highest BCUT2D eigenvalue weighted by Crippen LogP contribution is 2.43. The third kappa shape index (κ3) is 4.88. The average Bonchev–Trinajstić information content (AvgIpc) is 3.35. The van der Waals surface area contributed by atoms with Crippen molar-refractivity contribution in [2.75, 3.05) is 11.4 Å². The SMILES string of the molecule is CC(C)Oc1cccc(CN2CC[C@@]3(C[C@@H]2C)C(=O)N(Cc2ncn(C)n2)C(=O)N3c2cccc(F)c2)c1. The topological polar surface area (TPSA) is 83.8 Å². The van der Waals surface area contributed by atoms with Gasteiger partial charge in [-0.2, -0.15) is 5.10 Å². The lowest BCUT2D eigenvalue weighted by atomic mass is 9.81. The van der Waals surface area contributed by atoms with Crippen LogP contribution in [0.15, 0.2) is 54.9 Å². The molecule has 0 aliphatic carbocycles. The minimum atomic E-state index is -1.11. The molecule has 2 atom stereocenters. The van der Waals surface area contributed by atoms with Crippen molar-refractivity contribution in [3.05, 3.63) is 72.1 Å². The molecule has 2 aliphatic rings. The number of carbonyl (C=O) groups is 2. The van der Waals surface area contributed by atoms with Crippen molar-refractivity contribution in [3.8, 4) is 5.75 Å². The summed E-state index contributed by atoms with van der Waals surface area (Å²) in [7, 11) is 1.73. The predicted molar refractivity (Wildman–Crippen MR) is 140 cm³/mol. The molecule has 0 radical (unpaired) electrons. The minimum Gasteiger partial charge on any atom is -0.491 e. The van der Waals surface area contributed by atoms with Crippen LogP contribution in [0.4, 0.5) is 14.9 Å². The summed E-state index contributed by atoms with van der Waals surface area (Å²) in [5, 5.41) is 4.25. The fraction of sp³-hybridized carbons (Fsp3) is 0.429. The van der Waals surface area contributed by atoms with Crippen molar-refractivity contribution in [1.82, 2.24) is 24.6 Å². The molecule has 1 aromatic heterocycles. The van der Waals surface area contributed by atoms with Crippen LogP contribution in [0, 0.1) is 5.82 Å². The fourth-order valence-corrected chi connectivity index (χ4v) is 5.57. The van der Waals surface area contributed by atoms with Gasteiger partial charge in [-0.25, -0.2) is 14.2 Å². The van der Waals surface area contributed by atoms with Crippen molar-refractivity contribution in [1.29, 1.82) is 0 Å². The van der Waals surface area contributed by atoms with Gasteiger partial charge >= 0.3 is 6.03 Å². The van der Waals surface area contributed by atoms with E-state index in [1.165, 1.54) is 32.9 Å². The first-order valence-corrected chi connectivity index (χ1v) is 12.9. The van der Waals surface area contributed by atoms with Gasteiger partial charge < -0.3 is 4.74 Å². The third-order valence-corrected chi connectivity index (χ3v) is 7.23. The summed E-state index contributed by atoms with van der Waals surface area (Å²) in [6.45, 7) is 7.31. The number of ether oxygens (including phenoxy) is 1. The number of hydrogen-bond acceptors (Lipinski definition) is 6. The Kier molecular flexibility index (Phi) is 6.92. The second kappa shape index (κ2) is 10.2. The van der Waals surface area contributed by atoms with Gasteiger partial charge in [-0.3, -0.25) is 24.2 Å². The number of halogens is 1. The van der Waals surface area contributed by atoms with E-state index in [1.54, 1.807) is 19.2 Å². The molecule has 0 saturated carbocycles. The highest BCUT2D eigenvalue weighted by Gasteiger charge is 2.60. The van der Waals surface area contributed by atoms with E-state index in [-0.39, 0.29) is 24.6 Å². The van der Waals surface area contributed by atoms with Gasteiger partial charge in [0.15, 0.2) is 5.82 Å². The van der Waals surface area contributed by atoms with Crippen LogP contribution in [0.3, 0.4) is 0 Å². The van der Waals surface area contributed by atoms with E-state index in [2.05, 4.69) is 28.0 Å². The molecule has 38 heavy (non-hydrogen) atoms. The molecule has 3 aromatic rings. The summed E-state index contributed by atoms with van der Waals surface area (Å²) in [4.78, 5) is 36.9. The second-order valence-corrected chi connectivity index (χ2v) is 10.4. The van der Waals surface area contributed by atoms with E-state index >= 15 is 0 Å². The second-order valence-electron chi connectivity index (χ2n) is 10.4. The fourth-order valence-electron chi connectivity index (χ4n) is 5.57. The number of anilines is 1. The van der Waals surface area contributed by atoms with Gasteiger partial charge in [-0.15, -0.1) is 0 Å². The number of hydrogen-bond donors (Lipinski definition) is 0. The molecular formula is C28H33FN6O3. The van der Waals surface area contributed by atoms with Gasteiger partial charge in [-0.05, 0) is 69.5 Å². The number of nitrogens with zero attached hydrogens (tertiary/aromatic N) is 6. The number of amides is 3. The molecule has 3 heterocycles. The third-order valence-electron chi connectivity index (χ3n) is 7.23. The van der Waals surface area contributed by atoms with E-state index in [9.17, 15) is 14.0 Å². The van der Waals surface area contributed by atoms with E-state index < -0.39 is 17.4 Å². The van der Waals surface area contributed by atoms with Crippen LogP contribution in [0.2, 0.25) is 0 Å². The molecule has 0 N–H and O–H groups in total. The number of aromatic nitrogens is 3. The van der Waals surface area contributed by atoms with Crippen molar-refractivity contribution in [2.24, 2.45) is 7.05 Å². The number of piperidine rings is 1. The smallest absolute Gasteiger partial charge is 0.332 e. The van der Waals surface area contributed by atoms with Gasteiger partial charge in [0.2, 0.25) is 0 Å². The van der Waals surface area contributed by atoms with Crippen LogP contribution < -0.4 is 9.64 Å². The molecule has 1 spiro atoms. The van der Waals surface area contributed by atoms with Gasteiger partial charge in [-0.1, -0.05) is 18.2 Å². The minimum absolute atomic E-state index is 0.0147. The Labute approximate surface area is 221 Å². The number of likely N-dealkylation sites (tertiary alicyclic amines) is 1. The van der Waals surface area contributed by atoms with Gasteiger partial charge in [0.25, 0.3) is 5.91 Å².